The van der Waals surface area contributed by atoms with E-state index in [-0.39, 0.29) is 10.8 Å². The van der Waals surface area contributed by atoms with Crippen LogP contribution < -0.4 is 4.74 Å². The van der Waals surface area contributed by atoms with Crippen LogP contribution in [0.25, 0.3) is 0 Å². The molecule has 1 aliphatic rings. The lowest BCUT2D eigenvalue weighted by molar-refractivity contribution is 0.0773. The summed E-state index contributed by atoms with van der Waals surface area (Å²) < 4.78 is 33.3. The van der Waals surface area contributed by atoms with Crippen LogP contribution in [0.5, 0.6) is 5.75 Å². The Balaban J connectivity index is 1.69. The third-order valence-electron chi connectivity index (χ3n) is 5.21. The minimum absolute atomic E-state index is 0.207. The van der Waals surface area contributed by atoms with E-state index in [1.165, 1.54) is 15.3 Å². The summed E-state index contributed by atoms with van der Waals surface area (Å²) in [5.74, 6) is 0.383. The predicted molar refractivity (Wildman–Crippen MR) is 118 cm³/mol. The van der Waals surface area contributed by atoms with Gasteiger partial charge in [0.1, 0.15) is 12.4 Å². The summed E-state index contributed by atoms with van der Waals surface area (Å²) in [6, 6.07) is 11.9. The Labute approximate surface area is 183 Å². The molecule has 1 saturated heterocycles. The molecule has 162 valence electrons. The average molecular weight is 451 g/mol. The first kappa shape index (κ1) is 22.6. The van der Waals surface area contributed by atoms with Gasteiger partial charge in [-0.3, -0.25) is 4.79 Å². The molecule has 3 rings (SSSR count). The fraction of sp³-hybridized carbons (Fsp3) is 0.409. The number of likely N-dealkylation sites (N-methyl/N-ethyl adjacent to an activating group) is 1. The van der Waals surface area contributed by atoms with E-state index in [1.807, 2.05) is 0 Å². The van der Waals surface area contributed by atoms with E-state index < -0.39 is 10.0 Å². The van der Waals surface area contributed by atoms with E-state index in [0.29, 0.717) is 48.1 Å². The van der Waals surface area contributed by atoms with Crippen LogP contribution in [0.15, 0.2) is 47.4 Å². The molecule has 1 fully saturated rings. The molecular formula is C22H27ClN2O4S. The maximum atomic E-state index is 13.1. The summed E-state index contributed by atoms with van der Waals surface area (Å²) in [6.45, 7) is 3.47. The molecule has 30 heavy (non-hydrogen) atoms. The highest BCUT2D eigenvalue weighted by atomic mass is 35.5. The van der Waals surface area contributed by atoms with Crippen molar-refractivity contribution in [2.45, 2.75) is 31.1 Å². The highest BCUT2D eigenvalue weighted by molar-refractivity contribution is 7.89. The zero-order valence-electron chi connectivity index (χ0n) is 17.3. The van der Waals surface area contributed by atoms with Crippen molar-refractivity contribution in [1.82, 2.24) is 9.21 Å². The van der Waals surface area contributed by atoms with Crippen LogP contribution in [-0.4, -0.2) is 56.8 Å². The van der Waals surface area contributed by atoms with Gasteiger partial charge in [0, 0.05) is 30.7 Å². The maximum absolute atomic E-state index is 13.1. The summed E-state index contributed by atoms with van der Waals surface area (Å²) in [6.07, 6.45) is 2.78. The van der Waals surface area contributed by atoms with Gasteiger partial charge < -0.3 is 9.64 Å². The second-order valence-electron chi connectivity index (χ2n) is 7.48. The normalized spacial score (nSPS) is 15.0. The molecule has 2 aromatic carbocycles. The van der Waals surface area contributed by atoms with Gasteiger partial charge in [-0.15, -0.1) is 0 Å². The zero-order chi connectivity index (χ0) is 21.7. The predicted octanol–water partition coefficient (Wildman–Crippen LogP) is 3.97. The third kappa shape index (κ3) is 5.33. The minimum Gasteiger partial charge on any atom is -0.492 e. The highest BCUT2D eigenvalue weighted by Gasteiger charge is 2.28. The van der Waals surface area contributed by atoms with Crippen LogP contribution in [0.4, 0.5) is 0 Å². The molecule has 1 amide bonds. The first-order chi connectivity index (χ1) is 14.3. The van der Waals surface area contributed by atoms with Gasteiger partial charge in [-0.2, -0.15) is 4.31 Å². The number of hydrogen-bond donors (Lipinski definition) is 0. The maximum Gasteiger partial charge on any atom is 0.253 e. The molecule has 1 aliphatic heterocycles. The van der Waals surface area contributed by atoms with Crippen molar-refractivity contribution in [3.05, 3.63) is 58.6 Å². The lowest BCUT2D eigenvalue weighted by atomic mass is 10.1. The van der Waals surface area contributed by atoms with Gasteiger partial charge in [0.05, 0.1) is 11.4 Å². The number of carbonyl (C=O) groups excluding carboxylic acids is 1. The average Bonchev–Trinajstić information content (AvgIpc) is 2.74. The van der Waals surface area contributed by atoms with Gasteiger partial charge in [-0.05, 0) is 55.7 Å². The van der Waals surface area contributed by atoms with E-state index in [2.05, 4.69) is 0 Å². The topological polar surface area (TPSA) is 66.9 Å². The Morgan fingerprint density at radius 3 is 2.57 bits per heavy atom. The third-order valence-corrected chi connectivity index (χ3v) is 7.48. The zero-order valence-corrected chi connectivity index (χ0v) is 18.9. The van der Waals surface area contributed by atoms with E-state index in [4.69, 9.17) is 16.3 Å². The number of piperidine rings is 1. The number of benzene rings is 2. The van der Waals surface area contributed by atoms with E-state index >= 15 is 0 Å². The second-order valence-corrected chi connectivity index (χ2v) is 9.82. The number of amides is 1. The van der Waals surface area contributed by atoms with Gasteiger partial charge in [-0.1, -0.05) is 30.2 Å². The molecular weight excluding hydrogens is 424 g/mol. The van der Waals surface area contributed by atoms with Crippen LogP contribution in [0, 0.1) is 6.92 Å². The van der Waals surface area contributed by atoms with Crippen molar-refractivity contribution >= 4 is 27.5 Å². The number of hydrogen-bond acceptors (Lipinski definition) is 4. The molecule has 8 heteroatoms. The fourth-order valence-corrected chi connectivity index (χ4v) is 5.38. The molecule has 0 atom stereocenters. The van der Waals surface area contributed by atoms with Crippen molar-refractivity contribution < 1.29 is 17.9 Å². The largest absolute Gasteiger partial charge is 0.492 e. The smallest absolute Gasteiger partial charge is 0.253 e. The Morgan fingerprint density at radius 2 is 1.87 bits per heavy atom. The quantitative estimate of drug-likeness (QED) is 0.640. The Bertz CT molecular complexity index is 1000. The van der Waals surface area contributed by atoms with Gasteiger partial charge in [-0.25, -0.2) is 8.42 Å². The lowest BCUT2D eigenvalue weighted by Crippen LogP contribution is -2.36. The molecule has 0 unspecified atom stereocenters. The van der Waals surface area contributed by atoms with Crippen molar-refractivity contribution in [3.8, 4) is 5.75 Å². The van der Waals surface area contributed by atoms with Crippen LogP contribution >= 0.6 is 11.6 Å². The molecule has 2 aromatic rings. The monoisotopic (exact) mass is 450 g/mol. The summed E-state index contributed by atoms with van der Waals surface area (Å²) >= 11 is 5.94. The number of aryl methyl sites for hydroxylation is 1. The summed E-state index contributed by atoms with van der Waals surface area (Å²) in [7, 11) is -1.94. The van der Waals surface area contributed by atoms with Crippen molar-refractivity contribution in [3.63, 3.8) is 0 Å². The van der Waals surface area contributed by atoms with Crippen molar-refractivity contribution in [1.29, 1.82) is 0 Å². The number of ether oxygens (including phenoxy) is 1. The van der Waals surface area contributed by atoms with Gasteiger partial charge in [0.2, 0.25) is 10.0 Å². The Kier molecular flexibility index (Phi) is 7.39. The van der Waals surface area contributed by atoms with E-state index in [1.54, 1.807) is 50.4 Å². The number of halogens is 1. The van der Waals surface area contributed by atoms with Crippen LogP contribution in [0.1, 0.15) is 35.2 Å². The van der Waals surface area contributed by atoms with E-state index in [0.717, 1.165) is 19.3 Å². The van der Waals surface area contributed by atoms with Crippen molar-refractivity contribution in [2.75, 3.05) is 33.3 Å². The molecule has 6 nitrogen and oxygen atoms in total. The van der Waals surface area contributed by atoms with E-state index in [9.17, 15) is 13.2 Å². The number of rotatable bonds is 7. The first-order valence-electron chi connectivity index (χ1n) is 10.0. The molecule has 0 N–H and O–H groups in total. The van der Waals surface area contributed by atoms with Gasteiger partial charge in [0.25, 0.3) is 5.91 Å². The molecule has 0 spiro atoms. The summed E-state index contributed by atoms with van der Waals surface area (Å²) in [4.78, 5) is 14.6. The Hall–Kier alpha value is -2.09. The highest BCUT2D eigenvalue weighted by Crippen LogP contribution is 2.25. The minimum atomic E-state index is -3.61. The standard InChI is InChI=1S/C22H27ClN2O4S/c1-17-9-10-18(15-21(17)30(27,28)25-11-4-3-5-12-25)22(26)24(2)13-14-29-20-8-6-7-19(23)16-20/h6-10,15-16H,3-5,11-14H2,1-2H3. The molecule has 0 aliphatic carbocycles. The van der Waals surface area contributed by atoms with Crippen LogP contribution in [0.2, 0.25) is 5.02 Å². The number of carbonyl (C=O) groups is 1. The Morgan fingerprint density at radius 1 is 1.13 bits per heavy atom. The summed E-state index contributed by atoms with van der Waals surface area (Å²) in [5, 5.41) is 0.582. The lowest BCUT2D eigenvalue weighted by Gasteiger charge is -2.27. The van der Waals surface area contributed by atoms with Crippen LogP contribution in [0.3, 0.4) is 0 Å². The van der Waals surface area contributed by atoms with Crippen LogP contribution in [-0.2, 0) is 10.0 Å². The molecule has 0 radical (unpaired) electrons. The molecule has 0 bridgehead atoms. The van der Waals surface area contributed by atoms with Gasteiger partial charge in [0.15, 0.2) is 0 Å². The number of nitrogens with zero attached hydrogens (tertiary/aromatic N) is 2. The fourth-order valence-electron chi connectivity index (χ4n) is 3.43. The number of sulfonamides is 1. The SMILES string of the molecule is Cc1ccc(C(=O)N(C)CCOc2cccc(Cl)c2)cc1S(=O)(=O)N1CCCCC1. The molecule has 0 saturated carbocycles. The van der Waals surface area contributed by atoms with Crippen molar-refractivity contribution in [2.24, 2.45) is 0 Å². The van der Waals surface area contributed by atoms with Gasteiger partial charge >= 0.3 is 0 Å². The second kappa shape index (κ2) is 9.81. The molecule has 1 heterocycles. The summed E-state index contributed by atoms with van der Waals surface area (Å²) in [5.41, 5.74) is 0.991. The molecule has 0 aromatic heterocycles. The first-order valence-corrected chi connectivity index (χ1v) is 11.9.